The van der Waals surface area contributed by atoms with E-state index in [1.165, 1.54) is 18.8 Å². The van der Waals surface area contributed by atoms with Gasteiger partial charge in [-0.2, -0.15) is 5.26 Å². The summed E-state index contributed by atoms with van der Waals surface area (Å²) in [7, 11) is 2.16. The number of nitriles is 1. The smallest absolute Gasteiger partial charge is 0.332 e. The van der Waals surface area contributed by atoms with E-state index in [2.05, 4.69) is 0 Å². The van der Waals surface area contributed by atoms with E-state index in [0.717, 1.165) is 0 Å². The van der Waals surface area contributed by atoms with Crippen molar-refractivity contribution in [2.75, 3.05) is 25.7 Å². The second-order valence-electron chi connectivity index (χ2n) is 8.38. The molecule has 2 aromatic carbocycles. The zero-order chi connectivity index (χ0) is 25.1. The molecule has 0 radical (unpaired) electrons. The molecule has 0 saturated carbocycles. The van der Waals surface area contributed by atoms with E-state index in [-0.39, 0.29) is 12.6 Å². The SMILES string of the molecule is COc1ccc(Cn2c(=O)c3cc(O[C@H](C)C#N)ccc3n(C3CCS(=O)CC3)c2=O)cc1OC. The highest BCUT2D eigenvalue weighted by molar-refractivity contribution is 7.85. The maximum atomic E-state index is 13.7. The summed E-state index contributed by atoms with van der Waals surface area (Å²) >= 11 is 0. The zero-order valence-electron chi connectivity index (χ0n) is 19.9. The first-order valence-electron chi connectivity index (χ1n) is 11.3. The minimum absolute atomic E-state index is 0.0340. The first-order chi connectivity index (χ1) is 16.9. The van der Waals surface area contributed by atoms with Crippen LogP contribution in [0.25, 0.3) is 10.9 Å². The molecule has 2 heterocycles. The number of aromatic nitrogens is 2. The standard InChI is InChI=1S/C25H27N3O6S/c1-16(14-26)34-19-5-6-21-20(13-19)24(29)27(15-17-4-7-22(32-2)23(12-17)33-3)25(30)28(21)18-8-10-35(31)11-9-18/h4-7,12-13,16,18H,8-11,15H2,1-3H3/t16-,18?,35?/m1/s1. The molecule has 10 heteroatoms. The fourth-order valence-corrected chi connectivity index (χ4v) is 5.63. The van der Waals surface area contributed by atoms with E-state index < -0.39 is 28.2 Å². The number of methoxy groups -OCH3 is 2. The molecule has 184 valence electrons. The van der Waals surface area contributed by atoms with Crippen molar-refractivity contribution in [3.8, 4) is 23.3 Å². The number of benzene rings is 2. The van der Waals surface area contributed by atoms with Gasteiger partial charge in [0.1, 0.15) is 11.8 Å². The molecular formula is C25H27N3O6S. The highest BCUT2D eigenvalue weighted by Crippen LogP contribution is 2.29. The van der Waals surface area contributed by atoms with Crippen LogP contribution < -0.4 is 25.5 Å². The molecule has 0 aliphatic carbocycles. The summed E-state index contributed by atoms with van der Waals surface area (Å²) in [4.78, 5) is 27.2. The number of hydrogen-bond acceptors (Lipinski definition) is 7. The molecule has 1 saturated heterocycles. The first-order valence-corrected chi connectivity index (χ1v) is 12.8. The maximum Gasteiger partial charge on any atom is 0.332 e. The normalized spacial score (nSPS) is 18.6. The summed E-state index contributed by atoms with van der Waals surface area (Å²) in [5.74, 6) is 2.43. The summed E-state index contributed by atoms with van der Waals surface area (Å²) in [6.45, 7) is 1.65. The molecule has 3 aromatic rings. The van der Waals surface area contributed by atoms with Crippen molar-refractivity contribution >= 4 is 21.7 Å². The van der Waals surface area contributed by atoms with Gasteiger partial charge in [0.25, 0.3) is 5.56 Å². The summed E-state index contributed by atoms with van der Waals surface area (Å²) < 4.78 is 31.0. The van der Waals surface area contributed by atoms with Crippen LogP contribution in [0.1, 0.15) is 31.4 Å². The Morgan fingerprint density at radius 3 is 2.46 bits per heavy atom. The van der Waals surface area contributed by atoms with Crippen molar-refractivity contribution in [2.24, 2.45) is 0 Å². The van der Waals surface area contributed by atoms with Gasteiger partial charge >= 0.3 is 5.69 Å². The Balaban J connectivity index is 1.89. The Hall–Kier alpha value is -3.58. The van der Waals surface area contributed by atoms with Gasteiger partial charge in [-0.1, -0.05) is 6.07 Å². The Bertz CT molecular complexity index is 1430. The Morgan fingerprint density at radius 2 is 1.80 bits per heavy atom. The third-order valence-corrected chi connectivity index (χ3v) is 7.53. The van der Waals surface area contributed by atoms with E-state index in [1.54, 1.807) is 47.9 Å². The molecule has 1 aliphatic rings. The molecule has 35 heavy (non-hydrogen) atoms. The topological polar surface area (TPSA) is 113 Å². The highest BCUT2D eigenvalue weighted by atomic mass is 32.2. The second kappa shape index (κ2) is 10.4. The van der Waals surface area contributed by atoms with Gasteiger partial charge in [-0.05, 0) is 55.7 Å². The molecule has 4 rings (SSSR count). The third kappa shape index (κ3) is 4.95. The van der Waals surface area contributed by atoms with Crippen molar-refractivity contribution < 1.29 is 18.4 Å². The fraction of sp³-hybridized carbons (Fsp3) is 0.400. The van der Waals surface area contributed by atoms with Crippen molar-refractivity contribution in [1.29, 1.82) is 5.26 Å². The average molecular weight is 498 g/mol. The zero-order valence-corrected chi connectivity index (χ0v) is 20.7. The number of nitrogens with zero attached hydrogens (tertiary/aromatic N) is 3. The molecule has 1 fully saturated rings. The lowest BCUT2D eigenvalue weighted by atomic mass is 10.1. The Morgan fingerprint density at radius 1 is 1.09 bits per heavy atom. The van der Waals surface area contributed by atoms with Gasteiger partial charge in [0, 0.05) is 28.3 Å². The molecule has 0 spiro atoms. The van der Waals surface area contributed by atoms with Gasteiger partial charge in [0.2, 0.25) is 0 Å². The van der Waals surface area contributed by atoms with Gasteiger partial charge in [0.05, 0.1) is 31.7 Å². The quantitative estimate of drug-likeness (QED) is 0.493. The lowest BCUT2D eigenvalue weighted by molar-refractivity contribution is 0.277. The molecule has 0 N–H and O–H groups in total. The van der Waals surface area contributed by atoms with Crippen LogP contribution in [0.5, 0.6) is 17.2 Å². The van der Waals surface area contributed by atoms with Crippen molar-refractivity contribution in [3.05, 3.63) is 62.8 Å². The number of fused-ring (bicyclic) bond motifs is 1. The van der Waals surface area contributed by atoms with Gasteiger partial charge in [-0.15, -0.1) is 0 Å². The van der Waals surface area contributed by atoms with E-state index >= 15 is 0 Å². The number of ether oxygens (including phenoxy) is 3. The molecule has 0 amide bonds. The third-order valence-electron chi connectivity index (χ3n) is 6.15. The second-order valence-corrected chi connectivity index (χ2v) is 10.1. The van der Waals surface area contributed by atoms with E-state index in [4.69, 9.17) is 19.5 Å². The highest BCUT2D eigenvalue weighted by Gasteiger charge is 2.25. The number of hydrogen-bond donors (Lipinski definition) is 0. The molecule has 1 aliphatic heterocycles. The molecule has 0 unspecified atom stereocenters. The van der Waals surface area contributed by atoms with Crippen LogP contribution in [-0.4, -0.2) is 45.2 Å². The Labute approximate surface area is 204 Å². The van der Waals surface area contributed by atoms with Gasteiger partial charge in [-0.3, -0.25) is 18.1 Å². The number of rotatable bonds is 7. The molecule has 1 aromatic heterocycles. The van der Waals surface area contributed by atoms with Crippen molar-refractivity contribution in [3.63, 3.8) is 0 Å². The van der Waals surface area contributed by atoms with Gasteiger partial charge in [0.15, 0.2) is 17.6 Å². The molecular weight excluding hydrogens is 470 g/mol. The maximum absolute atomic E-state index is 13.7. The van der Waals surface area contributed by atoms with Crippen LogP contribution in [-0.2, 0) is 17.3 Å². The van der Waals surface area contributed by atoms with Crippen LogP contribution in [0.3, 0.4) is 0 Å². The minimum atomic E-state index is -0.895. The van der Waals surface area contributed by atoms with Crippen LogP contribution in [0.2, 0.25) is 0 Å². The van der Waals surface area contributed by atoms with Crippen molar-refractivity contribution in [2.45, 2.75) is 38.5 Å². The summed E-state index contributed by atoms with van der Waals surface area (Å²) in [6, 6.07) is 12.0. The summed E-state index contributed by atoms with van der Waals surface area (Å²) in [5.41, 5.74) is 0.320. The lowest BCUT2D eigenvalue weighted by Crippen LogP contribution is -2.42. The lowest BCUT2D eigenvalue weighted by Gasteiger charge is -2.26. The van der Waals surface area contributed by atoms with Gasteiger partial charge in [-0.25, -0.2) is 4.79 Å². The Kier molecular flexibility index (Phi) is 7.26. The predicted octanol–water partition coefficient (Wildman–Crippen LogP) is 2.60. The fourth-order valence-electron chi connectivity index (χ4n) is 4.36. The average Bonchev–Trinajstić information content (AvgIpc) is 2.87. The van der Waals surface area contributed by atoms with E-state index in [0.29, 0.717) is 58.1 Å². The monoisotopic (exact) mass is 497 g/mol. The van der Waals surface area contributed by atoms with Crippen LogP contribution in [0, 0.1) is 11.3 Å². The van der Waals surface area contributed by atoms with E-state index in [1.807, 2.05) is 6.07 Å². The largest absolute Gasteiger partial charge is 0.493 e. The van der Waals surface area contributed by atoms with Gasteiger partial charge < -0.3 is 14.2 Å². The minimum Gasteiger partial charge on any atom is -0.493 e. The molecule has 9 nitrogen and oxygen atoms in total. The van der Waals surface area contributed by atoms with E-state index in [9.17, 15) is 13.8 Å². The van der Waals surface area contributed by atoms with Crippen LogP contribution in [0.4, 0.5) is 0 Å². The van der Waals surface area contributed by atoms with Crippen LogP contribution >= 0.6 is 0 Å². The van der Waals surface area contributed by atoms with Crippen LogP contribution in [0.15, 0.2) is 46.0 Å². The molecule has 1 atom stereocenters. The summed E-state index contributed by atoms with van der Waals surface area (Å²) in [6.07, 6.45) is 0.473. The predicted molar refractivity (Wildman–Crippen MR) is 133 cm³/mol. The summed E-state index contributed by atoms with van der Waals surface area (Å²) in [5, 5.41) is 9.41. The first kappa shape index (κ1) is 24.5. The van der Waals surface area contributed by atoms with Crippen molar-refractivity contribution in [1.82, 2.24) is 9.13 Å². The molecule has 0 bridgehead atoms.